The number of carboxylic acids is 1. The van der Waals surface area contributed by atoms with Gasteiger partial charge in [-0.1, -0.05) is 60.7 Å². The minimum Gasteiger partial charge on any atom is -0.478 e. The molecule has 0 saturated carbocycles. The third kappa shape index (κ3) is 4.08. The highest BCUT2D eigenvalue weighted by Gasteiger charge is 2.17. The van der Waals surface area contributed by atoms with Crippen molar-refractivity contribution in [3.05, 3.63) is 113 Å². The van der Waals surface area contributed by atoms with E-state index < -0.39 is 5.97 Å². The van der Waals surface area contributed by atoms with E-state index in [9.17, 15) is 9.90 Å². The number of aromatic nitrogens is 3. The summed E-state index contributed by atoms with van der Waals surface area (Å²) in [6.07, 6.45) is 1.44. The van der Waals surface area contributed by atoms with Crippen LogP contribution in [-0.2, 0) is 12.8 Å². The molecule has 0 radical (unpaired) electrons. The summed E-state index contributed by atoms with van der Waals surface area (Å²) in [4.78, 5) is 21.1. The van der Waals surface area contributed by atoms with Crippen LogP contribution in [0.5, 0.6) is 0 Å². The van der Waals surface area contributed by atoms with E-state index in [2.05, 4.69) is 52.0 Å². The summed E-state index contributed by atoms with van der Waals surface area (Å²) >= 11 is 0. The normalized spacial score (nSPS) is 11.1. The van der Waals surface area contributed by atoms with Crippen LogP contribution in [0.4, 0.5) is 0 Å². The number of nitrogens with zero attached hydrogens (tertiary/aromatic N) is 3. The summed E-state index contributed by atoms with van der Waals surface area (Å²) in [7, 11) is 0. The average molecular weight is 448 g/mol. The number of carboxylic acid groups (broad SMARTS) is 1. The van der Waals surface area contributed by atoms with Gasteiger partial charge in [0, 0.05) is 16.9 Å². The Balaban J connectivity index is 1.52. The van der Waals surface area contributed by atoms with Crippen molar-refractivity contribution in [2.24, 2.45) is 0 Å². The van der Waals surface area contributed by atoms with E-state index in [1.54, 1.807) is 12.1 Å². The molecule has 34 heavy (non-hydrogen) atoms. The summed E-state index contributed by atoms with van der Waals surface area (Å²) in [5, 5.41) is 9.44. The number of aromatic carboxylic acids is 1. The average Bonchev–Trinajstić information content (AvgIpc) is 3.23. The van der Waals surface area contributed by atoms with Crippen LogP contribution in [0.15, 0.2) is 84.9 Å². The summed E-state index contributed by atoms with van der Waals surface area (Å²) in [6, 6.07) is 27.9. The monoisotopic (exact) mass is 447 g/mol. The van der Waals surface area contributed by atoms with E-state index in [1.807, 2.05) is 44.2 Å². The molecule has 0 fully saturated rings. The van der Waals surface area contributed by atoms with Crippen LogP contribution in [-0.4, -0.2) is 25.6 Å². The second-order valence-electron chi connectivity index (χ2n) is 8.48. The Morgan fingerprint density at radius 3 is 2.29 bits per heavy atom. The van der Waals surface area contributed by atoms with Gasteiger partial charge in [-0.25, -0.2) is 9.78 Å². The first kappa shape index (κ1) is 21.6. The fraction of sp³-hybridized carbons (Fsp3) is 0.138. The molecule has 2 aromatic heterocycles. The first-order valence-electron chi connectivity index (χ1n) is 11.3. The van der Waals surface area contributed by atoms with Crippen LogP contribution in [0.1, 0.15) is 32.9 Å². The second kappa shape index (κ2) is 8.94. The lowest BCUT2D eigenvalue weighted by Gasteiger charge is -2.11. The minimum absolute atomic E-state index is 0.371. The molecule has 5 nitrogen and oxygen atoms in total. The largest absolute Gasteiger partial charge is 0.478 e. The molecule has 0 spiro atoms. The van der Waals surface area contributed by atoms with Crippen LogP contribution in [0.3, 0.4) is 0 Å². The lowest BCUT2D eigenvalue weighted by molar-refractivity contribution is 0.0695. The third-order valence-corrected chi connectivity index (χ3v) is 6.10. The quantitative estimate of drug-likeness (QED) is 0.337. The third-order valence-electron chi connectivity index (χ3n) is 6.10. The number of imidazole rings is 1. The Bertz CT molecular complexity index is 1490. The van der Waals surface area contributed by atoms with Crippen molar-refractivity contribution in [1.82, 2.24) is 14.5 Å². The van der Waals surface area contributed by atoms with Crippen LogP contribution < -0.4 is 0 Å². The molecular formula is C29H25N3O2. The number of hydrogen-bond acceptors (Lipinski definition) is 3. The molecule has 2 heterocycles. The Morgan fingerprint density at radius 2 is 1.56 bits per heavy atom. The Hall–Kier alpha value is -4.25. The maximum Gasteiger partial charge on any atom is 0.335 e. The van der Waals surface area contributed by atoms with Crippen molar-refractivity contribution >= 4 is 17.0 Å². The molecule has 0 aliphatic rings. The Kier molecular flexibility index (Phi) is 5.68. The highest BCUT2D eigenvalue weighted by atomic mass is 16.4. The van der Waals surface area contributed by atoms with Gasteiger partial charge in [0.2, 0.25) is 0 Å². The van der Waals surface area contributed by atoms with Gasteiger partial charge in [-0.05, 0) is 62.1 Å². The molecule has 0 saturated heterocycles. The number of hydrogen-bond donors (Lipinski definition) is 1. The summed E-state index contributed by atoms with van der Waals surface area (Å²) in [6.45, 7) is 4.00. The molecule has 5 aromatic rings. The summed E-state index contributed by atoms with van der Waals surface area (Å²) < 4.78 is 2.19. The maximum atomic E-state index is 11.5. The SMILES string of the molecule is Cc1cc2c(nc(-c3ccccc3)n2-c2ccc(CCc3ccccc3C(=O)O)cc2)c(C)n1. The van der Waals surface area contributed by atoms with E-state index in [0.717, 1.165) is 57.0 Å². The molecule has 0 aliphatic heterocycles. The van der Waals surface area contributed by atoms with Crippen molar-refractivity contribution < 1.29 is 9.90 Å². The van der Waals surface area contributed by atoms with Crippen molar-refractivity contribution in [3.8, 4) is 17.1 Å². The van der Waals surface area contributed by atoms with Crippen LogP contribution >= 0.6 is 0 Å². The van der Waals surface area contributed by atoms with Crippen molar-refractivity contribution in [2.45, 2.75) is 26.7 Å². The zero-order valence-electron chi connectivity index (χ0n) is 19.2. The molecule has 0 aliphatic carbocycles. The highest BCUT2D eigenvalue weighted by Crippen LogP contribution is 2.30. The highest BCUT2D eigenvalue weighted by molar-refractivity contribution is 5.89. The van der Waals surface area contributed by atoms with Gasteiger partial charge in [0.15, 0.2) is 0 Å². The van der Waals surface area contributed by atoms with Crippen LogP contribution in [0.25, 0.3) is 28.1 Å². The molecule has 0 bridgehead atoms. The smallest absolute Gasteiger partial charge is 0.335 e. The summed E-state index contributed by atoms with van der Waals surface area (Å²) in [5.41, 5.74) is 8.26. The maximum absolute atomic E-state index is 11.5. The van der Waals surface area contributed by atoms with Gasteiger partial charge in [-0.15, -0.1) is 0 Å². The molecular weight excluding hydrogens is 422 g/mol. The van der Waals surface area contributed by atoms with Gasteiger partial charge in [-0.2, -0.15) is 0 Å². The Labute approximate surface area is 198 Å². The van der Waals surface area contributed by atoms with Gasteiger partial charge >= 0.3 is 5.97 Å². The van der Waals surface area contributed by atoms with Gasteiger partial charge in [-0.3, -0.25) is 9.55 Å². The van der Waals surface area contributed by atoms with E-state index in [-0.39, 0.29) is 0 Å². The fourth-order valence-corrected chi connectivity index (χ4v) is 4.46. The molecule has 3 aromatic carbocycles. The molecule has 0 amide bonds. The van der Waals surface area contributed by atoms with E-state index in [4.69, 9.17) is 4.98 Å². The topological polar surface area (TPSA) is 68.0 Å². The van der Waals surface area contributed by atoms with Crippen molar-refractivity contribution in [2.75, 3.05) is 0 Å². The van der Waals surface area contributed by atoms with E-state index >= 15 is 0 Å². The number of fused-ring (bicyclic) bond motifs is 1. The molecule has 0 unspecified atom stereocenters. The van der Waals surface area contributed by atoms with E-state index in [1.165, 1.54) is 0 Å². The predicted molar refractivity (Wildman–Crippen MR) is 135 cm³/mol. The van der Waals surface area contributed by atoms with Crippen LogP contribution in [0, 0.1) is 13.8 Å². The number of aryl methyl sites for hydroxylation is 4. The molecule has 5 heteroatoms. The second-order valence-corrected chi connectivity index (χ2v) is 8.48. The number of carbonyl (C=O) groups is 1. The number of rotatable bonds is 6. The first-order valence-corrected chi connectivity index (χ1v) is 11.3. The molecule has 0 atom stereocenters. The molecule has 5 rings (SSSR count). The van der Waals surface area contributed by atoms with Gasteiger partial charge in [0.1, 0.15) is 11.3 Å². The first-order chi connectivity index (χ1) is 16.5. The number of benzene rings is 3. The van der Waals surface area contributed by atoms with Crippen molar-refractivity contribution in [3.63, 3.8) is 0 Å². The summed E-state index contributed by atoms with van der Waals surface area (Å²) in [5.74, 6) is 0.000637. The molecule has 1 N–H and O–H groups in total. The van der Waals surface area contributed by atoms with E-state index in [0.29, 0.717) is 12.0 Å². The lowest BCUT2D eigenvalue weighted by atomic mass is 10.00. The number of pyridine rings is 1. The zero-order chi connectivity index (χ0) is 23.7. The minimum atomic E-state index is -0.883. The predicted octanol–water partition coefficient (Wildman–Crippen LogP) is 6.19. The molecule has 168 valence electrons. The standard InChI is InChI=1S/C29H25N3O2/c1-19-18-26-27(20(2)30-19)31-28(23-9-4-3-5-10-23)32(26)24-16-13-21(14-17-24)12-15-22-8-6-7-11-25(22)29(33)34/h3-11,13-14,16-18H,12,15H2,1-2H3,(H,33,34). The zero-order valence-corrected chi connectivity index (χ0v) is 19.2. The lowest BCUT2D eigenvalue weighted by Crippen LogP contribution is -2.03. The van der Waals surface area contributed by atoms with Gasteiger partial charge < -0.3 is 5.11 Å². The Morgan fingerprint density at radius 1 is 0.853 bits per heavy atom. The van der Waals surface area contributed by atoms with Gasteiger partial charge in [0.05, 0.1) is 16.8 Å². The fourth-order valence-electron chi connectivity index (χ4n) is 4.46. The van der Waals surface area contributed by atoms with Crippen LogP contribution in [0.2, 0.25) is 0 Å². The van der Waals surface area contributed by atoms with Gasteiger partial charge in [0.25, 0.3) is 0 Å². The van der Waals surface area contributed by atoms with Crippen molar-refractivity contribution in [1.29, 1.82) is 0 Å².